The summed E-state index contributed by atoms with van der Waals surface area (Å²) >= 11 is 7.31. The molecule has 5 nitrogen and oxygen atoms in total. The zero-order chi connectivity index (χ0) is 18.3. The summed E-state index contributed by atoms with van der Waals surface area (Å²) in [6.07, 6.45) is 3.68. The van der Waals surface area contributed by atoms with Crippen molar-refractivity contribution in [2.75, 3.05) is 11.9 Å². The van der Waals surface area contributed by atoms with Gasteiger partial charge in [-0.1, -0.05) is 17.7 Å². The molecule has 0 atom stereocenters. The number of aryl methyl sites for hydroxylation is 1. The van der Waals surface area contributed by atoms with Gasteiger partial charge in [-0.2, -0.15) is 5.10 Å². The van der Waals surface area contributed by atoms with E-state index in [1.54, 1.807) is 34.8 Å². The first kappa shape index (κ1) is 16.8. The van der Waals surface area contributed by atoms with Gasteiger partial charge in [-0.25, -0.2) is 9.50 Å². The molecule has 3 heterocycles. The standard InChI is InChI=1S/C19H15ClN4OS/c1-12-17(15-11-21-24-10-4-3-5-16(15)24)22-18(26-12)19(25)23(2)14-8-6-13(20)7-9-14/h3-11H,1-2H3. The fraction of sp³-hybridized carbons (Fsp3) is 0.105. The number of hydrogen-bond acceptors (Lipinski definition) is 4. The van der Waals surface area contributed by atoms with Gasteiger partial charge in [-0.05, 0) is 43.3 Å². The van der Waals surface area contributed by atoms with Crippen LogP contribution in [0, 0.1) is 6.92 Å². The summed E-state index contributed by atoms with van der Waals surface area (Å²) in [5.41, 5.74) is 3.45. The summed E-state index contributed by atoms with van der Waals surface area (Å²) in [5, 5.41) is 5.44. The fourth-order valence-electron chi connectivity index (χ4n) is 2.78. The van der Waals surface area contributed by atoms with Crippen molar-refractivity contribution in [3.05, 3.63) is 69.8 Å². The topological polar surface area (TPSA) is 50.5 Å². The van der Waals surface area contributed by atoms with Crippen molar-refractivity contribution in [2.24, 2.45) is 0 Å². The largest absolute Gasteiger partial charge is 0.309 e. The maximum Gasteiger partial charge on any atom is 0.287 e. The molecule has 0 bridgehead atoms. The van der Waals surface area contributed by atoms with Crippen LogP contribution in [0.3, 0.4) is 0 Å². The van der Waals surface area contributed by atoms with E-state index in [-0.39, 0.29) is 5.91 Å². The second kappa shape index (κ2) is 6.55. The molecular formula is C19H15ClN4OS. The molecule has 0 aliphatic carbocycles. The number of amides is 1. The van der Waals surface area contributed by atoms with Crippen LogP contribution in [0.25, 0.3) is 16.8 Å². The Hall–Kier alpha value is -2.70. The maximum absolute atomic E-state index is 12.8. The average molecular weight is 383 g/mol. The molecule has 0 fully saturated rings. The number of carbonyl (C=O) groups excluding carboxylic acids is 1. The van der Waals surface area contributed by atoms with E-state index in [1.165, 1.54) is 11.3 Å². The number of pyridine rings is 1. The number of hydrogen-bond donors (Lipinski definition) is 0. The number of carbonyl (C=O) groups is 1. The third-order valence-corrected chi connectivity index (χ3v) is 5.39. The van der Waals surface area contributed by atoms with Gasteiger partial charge in [0.15, 0.2) is 5.01 Å². The average Bonchev–Trinajstić information content (AvgIpc) is 3.24. The van der Waals surface area contributed by atoms with E-state index in [1.807, 2.05) is 43.5 Å². The van der Waals surface area contributed by atoms with Crippen LogP contribution in [0.1, 0.15) is 14.7 Å². The molecule has 130 valence electrons. The Bertz CT molecular complexity index is 1100. The quantitative estimate of drug-likeness (QED) is 0.516. The van der Waals surface area contributed by atoms with Crippen molar-refractivity contribution in [3.63, 3.8) is 0 Å². The molecule has 26 heavy (non-hydrogen) atoms. The lowest BCUT2D eigenvalue weighted by Crippen LogP contribution is -2.25. The van der Waals surface area contributed by atoms with E-state index in [2.05, 4.69) is 10.1 Å². The van der Waals surface area contributed by atoms with Gasteiger partial charge in [0.1, 0.15) is 0 Å². The van der Waals surface area contributed by atoms with Crippen LogP contribution < -0.4 is 4.90 Å². The van der Waals surface area contributed by atoms with Gasteiger partial charge in [0, 0.05) is 34.4 Å². The summed E-state index contributed by atoms with van der Waals surface area (Å²) in [6, 6.07) is 13.0. The molecule has 0 saturated heterocycles. The third-order valence-electron chi connectivity index (χ3n) is 4.18. The predicted octanol–water partition coefficient (Wildman–Crippen LogP) is 4.70. The van der Waals surface area contributed by atoms with Gasteiger partial charge >= 0.3 is 0 Å². The summed E-state index contributed by atoms with van der Waals surface area (Å²) in [7, 11) is 1.73. The zero-order valence-corrected chi connectivity index (χ0v) is 15.8. The van der Waals surface area contributed by atoms with E-state index in [0.717, 1.165) is 27.3 Å². The highest BCUT2D eigenvalue weighted by Gasteiger charge is 2.21. The van der Waals surface area contributed by atoms with E-state index >= 15 is 0 Å². The van der Waals surface area contributed by atoms with Crippen LogP contribution in [0.5, 0.6) is 0 Å². The molecule has 1 amide bonds. The number of benzene rings is 1. The molecule has 0 N–H and O–H groups in total. The van der Waals surface area contributed by atoms with Crippen molar-refractivity contribution in [1.82, 2.24) is 14.6 Å². The zero-order valence-electron chi connectivity index (χ0n) is 14.2. The molecule has 0 spiro atoms. The lowest BCUT2D eigenvalue weighted by atomic mass is 10.2. The van der Waals surface area contributed by atoms with Crippen LogP contribution >= 0.6 is 22.9 Å². The fourth-order valence-corrected chi connectivity index (χ4v) is 3.81. The van der Waals surface area contributed by atoms with Gasteiger partial charge in [0.2, 0.25) is 0 Å². The number of rotatable bonds is 3. The SMILES string of the molecule is Cc1sc(C(=O)N(C)c2ccc(Cl)cc2)nc1-c1cnn2ccccc12. The van der Waals surface area contributed by atoms with Crippen LogP contribution in [0.15, 0.2) is 54.9 Å². The molecule has 1 aromatic carbocycles. The third kappa shape index (κ3) is 2.87. The van der Waals surface area contributed by atoms with E-state index in [0.29, 0.717) is 10.0 Å². The van der Waals surface area contributed by atoms with Crippen molar-refractivity contribution >= 4 is 40.0 Å². The first-order chi connectivity index (χ1) is 12.5. The van der Waals surface area contributed by atoms with Crippen molar-refractivity contribution < 1.29 is 4.79 Å². The predicted molar refractivity (Wildman–Crippen MR) is 105 cm³/mol. The second-order valence-corrected chi connectivity index (χ2v) is 7.49. The first-order valence-electron chi connectivity index (χ1n) is 7.98. The van der Waals surface area contributed by atoms with Gasteiger partial charge in [-0.3, -0.25) is 4.79 Å². The van der Waals surface area contributed by atoms with Crippen molar-refractivity contribution in [3.8, 4) is 11.3 Å². The monoisotopic (exact) mass is 382 g/mol. The summed E-state index contributed by atoms with van der Waals surface area (Å²) in [6.45, 7) is 1.97. The van der Waals surface area contributed by atoms with E-state index < -0.39 is 0 Å². The van der Waals surface area contributed by atoms with Gasteiger partial charge in [0.25, 0.3) is 5.91 Å². The first-order valence-corrected chi connectivity index (χ1v) is 9.18. The second-order valence-electron chi connectivity index (χ2n) is 5.85. The minimum Gasteiger partial charge on any atom is -0.309 e. The normalized spacial score (nSPS) is 11.0. The van der Waals surface area contributed by atoms with Gasteiger partial charge in [-0.15, -0.1) is 11.3 Å². The Morgan fingerprint density at radius 1 is 1.19 bits per heavy atom. The Labute approximate surface area is 159 Å². The minimum atomic E-state index is -0.150. The smallest absolute Gasteiger partial charge is 0.287 e. The van der Waals surface area contributed by atoms with E-state index in [4.69, 9.17) is 11.6 Å². The molecule has 4 aromatic rings. The maximum atomic E-state index is 12.8. The molecule has 0 saturated carbocycles. The minimum absolute atomic E-state index is 0.150. The highest BCUT2D eigenvalue weighted by molar-refractivity contribution is 7.14. The molecule has 7 heteroatoms. The molecule has 4 rings (SSSR count). The Morgan fingerprint density at radius 2 is 1.96 bits per heavy atom. The Balaban J connectivity index is 1.70. The van der Waals surface area contributed by atoms with Crippen molar-refractivity contribution in [2.45, 2.75) is 6.92 Å². The van der Waals surface area contributed by atoms with Gasteiger partial charge < -0.3 is 4.90 Å². The summed E-state index contributed by atoms with van der Waals surface area (Å²) < 4.78 is 1.80. The van der Waals surface area contributed by atoms with E-state index in [9.17, 15) is 4.79 Å². The van der Waals surface area contributed by atoms with Crippen molar-refractivity contribution in [1.29, 1.82) is 0 Å². The molecule has 0 radical (unpaired) electrons. The highest BCUT2D eigenvalue weighted by Crippen LogP contribution is 2.31. The number of anilines is 1. The molecular weight excluding hydrogens is 368 g/mol. The molecule has 3 aromatic heterocycles. The number of halogens is 1. The summed E-state index contributed by atoms with van der Waals surface area (Å²) in [4.78, 5) is 20.0. The molecule has 0 unspecified atom stereocenters. The number of nitrogens with zero attached hydrogens (tertiary/aromatic N) is 4. The van der Waals surface area contributed by atoms with Crippen LogP contribution in [0.2, 0.25) is 5.02 Å². The molecule has 0 aliphatic rings. The molecule has 0 aliphatic heterocycles. The number of fused-ring (bicyclic) bond motifs is 1. The Morgan fingerprint density at radius 3 is 2.73 bits per heavy atom. The Kier molecular flexibility index (Phi) is 4.22. The lowest BCUT2D eigenvalue weighted by molar-refractivity contribution is 0.0992. The van der Waals surface area contributed by atoms with Crippen LogP contribution in [-0.2, 0) is 0 Å². The summed E-state index contributed by atoms with van der Waals surface area (Å²) in [5.74, 6) is -0.150. The number of thiazole rings is 1. The lowest BCUT2D eigenvalue weighted by Gasteiger charge is -2.15. The highest BCUT2D eigenvalue weighted by atomic mass is 35.5. The van der Waals surface area contributed by atoms with Gasteiger partial charge in [0.05, 0.1) is 17.4 Å². The van der Waals surface area contributed by atoms with Crippen LogP contribution in [0.4, 0.5) is 5.69 Å². The van der Waals surface area contributed by atoms with Crippen LogP contribution in [-0.4, -0.2) is 27.6 Å². The number of aromatic nitrogens is 3.